The first-order valence-corrected chi connectivity index (χ1v) is 7.51. The predicted octanol–water partition coefficient (Wildman–Crippen LogP) is 3.01. The van der Waals surface area contributed by atoms with Gasteiger partial charge in [0.05, 0.1) is 23.6 Å². The fourth-order valence-corrected chi connectivity index (χ4v) is 2.48. The first kappa shape index (κ1) is 16.3. The summed E-state index contributed by atoms with van der Waals surface area (Å²) in [7, 11) is 1.44. The third kappa shape index (κ3) is 3.21. The normalized spacial score (nSPS) is 11.3. The van der Waals surface area contributed by atoms with E-state index in [1.54, 1.807) is 30.3 Å². The number of nitrogens with one attached hydrogen (secondary N) is 1. The van der Waals surface area contributed by atoms with Crippen LogP contribution in [0.3, 0.4) is 0 Å². The third-order valence-corrected chi connectivity index (χ3v) is 3.75. The molecule has 0 spiro atoms. The Morgan fingerprint density at radius 2 is 2.12 bits per heavy atom. The molecule has 6 nitrogen and oxygen atoms in total. The first-order chi connectivity index (χ1) is 12.0. The Kier molecular flexibility index (Phi) is 4.23. The molecule has 2 N–H and O–H groups in total. The molecular weight excluding hydrogens is 318 g/mol. The van der Waals surface area contributed by atoms with Crippen LogP contribution >= 0.6 is 0 Å². The molecule has 0 aliphatic heterocycles. The highest BCUT2D eigenvalue weighted by atomic mass is 16.5. The Labute approximate surface area is 143 Å². The summed E-state index contributed by atoms with van der Waals surface area (Å²) in [5.74, 6) is 0.489. The van der Waals surface area contributed by atoms with E-state index in [2.05, 4.69) is 9.97 Å². The Morgan fingerprint density at radius 3 is 2.84 bits per heavy atom. The average Bonchev–Trinajstić information content (AvgIpc) is 2.61. The second kappa shape index (κ2) is 6.49. The molecule has 0 atom stereocenters. The van der Waals surface area contributed by atoms with Crippen LogP contribution in [0.25, 0.3) is 22.6 Å². The molecule has 2 aromatic carbocycles. The number of phenols is 1. The Bertz CT molecular complexity index is 1090. The highest BCUT2D eigenvalue weighted by molar-refractivity contribution is 5.89. The minimum absolute atomic E-state index is 0.00534. The maximum Gasteiger partial charge on any atom is 0.259 e. The van der Waals surface area contributed by atoms with Crippen molar-refractivity contribution in [3.63, 3.8) is 0 Å². The number of benzene rings is 2. The molecule has 3 rings (SSSR count). The van der Waals surface area contributed by atoms with Crippen LogP contribution < -0.4 is 10.3 Å². The van der Waals surface area contributed by atoms with Crippen molar-refractivity contribution < 1.29 is 9.84 Å². The molecule has 0 bridgehead atoms. The van der Waals surface area contributed by atoms with E-state index in [0.717, 1.165) is 5.56 Å². The van der Waals surface area contributed by atoms with E-state index in [1.807, 2.05) is 19.1 Å². The van der Waals surface area contributed by atoms with Crippen molar-refractivity contribution in [1.82, 2.24) is 9.97 Å². The summed E-state index contributed by atoms with van der Waals surface area (Å²) in [4.78, 5) is 19.3. The molecular formula is C19H15N3O3. The number of allylic oxidation sites excluding steroid dienone is 1. The van der Waals surface area contributed by atoms with Crippen molar-refractivity contribution in [1.29, 1.82) is 5.26 Å². The van der Waals surface area contributed by atoms with Gasteiger partial charge in [0.25, 0.3) is 5.56 Å². The fraction of sp³-hybridized carbons (Fsp3) is 0.105. The molecule has 3 aromatic rings. The van der Waals surface area contributed by atoms with Gasteiger partial charge in [-0.05, 0) is 42.8 Å². The number of nitrogens with zero attached hydrogens (tertiary/aromatic N) is 2. The van der Waals surface area contributed by atoms with Gasteiger partial charge < -0.3 is 14.8 Å². The van der Waals surface area contributed by atoms with E-state index >= 15 is 0 Å². The van der Waals surface area contributed by atoms with E-state index < -0.39 is 0 Å². The lowest BCUT2D eigenvalue weighted by atomic mass is 10.1. The molecule has 25 heavy (non-hydrogen) atoms. The molecule has 1 aromatic heterocycles. The topological polar surface area (TPSA) is 99.0 Å². The molecule has 0 aliphatic rings. The van der Waals surface area contributed by atoms with Crippen LogP contribution in [-0.4, -0.2) is 22.2 Å². The van der Waals surface area contributed by atoms with Gasteiger partial charge in [-0.3, -0.25) is 4.79 Å². The van der Waals surface area contributed by atoms with Crippen LogP contribution in [0.2, 0.25) is 0 Å². The Morgan fingerprint density at radius 1 is 1.32 bits per heavy atom. The van der Waals surface area contributed by atoms with E-state index in [4.69, 9.17) is 4.74 Å². The largest absolute Gasteiger partial charge is 0.504 e. The van der Waals surface area contributed by atoms with Crippen molar-refractivity contribution in [3.05, 3.63) is 63.7 Å². The van der Waals surface area contributed by atoms with E-state index in [9.17, 15) is 15.2 Å². The molecule has 0 saturated heterocycles. The summed E-state index contributed by atoms with van der Waals surface area (Å²) in [5, 5.41) is 19.6. The smallest absolute Gasteiger partial charge is 0.259 e. The number of aromatic hydroxyl groups is 1. The molecule has 0 unspecified atom stereocenters. The number of aryl methyl sites for hydroxylation is 1. The predicted molar refractivity (Wildman–Crippen MR) is 95.2 cm³/mol. The van der Waals surface area contributed by atoms with Crippen LogP contribution in [0.5, 0.6) is 11.5 Å². The summed E-state index contributed by atoms with van der Waals surface area (Å²) in [6.45, 7) is 1.89. The summed E-state index contributed by atoms with van der Waals surface area (Å²) >= 11 is 0. The fourth-order valence-electron chi connectivity index (χ4n) is 2.48. The standard InChI is InChI=1S/C19H15N3O3/c1-11-3-5-15-14(7-11)19(24)22-18(21-15)13(10-20)8-12-4-6-16(23)17(9-12)25-2/h3-9,23H,1-2H3,(H,21,22,24). The average molecular weight is 333 g/mol. The number of nitriles is 1. The molecule has 6 heteroatoms. The highest BCUT2D eigenvalue weighted by Gasteiger charge is 2.09. The number of phenolic OH excluding ortho intramolecular Hbond substituents is 1. The number of hydrogen-bond donors (Lipinski definition) is 2. The maximum atomic E-state index is 12.3. The molecule has 124 valence electrons. The van der Waals surface area contributed by atoms with Crippen molar-refractivity contribution in [3.8, 4) is 17.6 Å². The number of rotatable bonds is 3. The van der Waals surface area contributed by atoms with Crippen molar-refractivity contribution in [2.75, 3.05) is 7.11 Å². The lowest BCUT2D eigenvalue weighted by molar-refractivity contribution is 0.373. The molecule has 0 amide bonds. The molecule has 0 fully saturated rings. The van der Waals surface area contributed by atoms with Gasteiger partial charge in [-0.1, -0.05) is 17.7 Å². The number of fused-ring (bicyclic) bond motifs is 1. The number of aromatic nitrogens is 2. The number of H-pyrrole nitrogens is 1. The van der Waals surface area contributed by atoms with Crippen LogP contribution in [-0.2, 0) is 0 Å². The molecule has 1 heterocycles. The quantitative estimate of drug-likeness (QED) is 0.718. The molecule has 0 saturated carbocycles. The first-order valence-electron chi connectivity index (χ1n) is 7.51. The molecule has 0 radical (unpaired) electrons. The number of hydrogen-bond acceptors (Lipinski definition) is 5. The number of ether oxygens (including phenoxy) is 1. The van der Waals surface area contributed by atoms with Gasteiger partial charge in [0, 0.05) is 0 Å². The second-order valence-corrected chi connectivity index (χ2v) is 5.54. The lowest BCUT2D eigenvalue weighted by Gasteiger charge is -2.05. The van der Waals surface area contributed by atoms with E-state index in [0.29, 0.717) is 22.2 Å². The zero-order valence-electron chi connectivity index (χ0n) is 13.7. The van der Waals surface area contributed by atoms with Crippen LogP contribution in [0.15, 0.2) is 41.2 Å². The Balaban J connectivity index is 2.13. The second-order valence-electron chi connectivity index (χ2n) is 5.54. The minimum atomic E-state index is -0.298. The van der Waals surface area contributed by atoms with Crippen LogP contribution in [0, 0.1) is 18.3 Å². The van der Waals surface area contributed by atoms with Crippen LogP contribution in [0.4, 0.5) is 0 Å². The van der Waals surface area contributed by atoms with Crippen molar-refractivity contribution >= 4 is 22.6 Å². The van der Waals surface area contributed by atoms with Crippen molar-refractivity contribution in [2.45, 2.75) is 6.92 Å². The maximum absolute atomic E-state index is 12.3. The van der Waals surface area contributed by atoms with Gasteiger partial charge in [0.15, 0.2) is 17.3 Å². The van der Waals surface area contributed by atoms with Crippen LogP contribution in [0.1, 0.15) is 17.0 Å². The SMILES string of the molecule is COc1cc(C=C(C#N)c2nc3ccc(C)cc3c(=O)[nH]2)ccc1O. The van der Waals surface area contributed by atoms with Crippen molar-refractivity contribution in [2.24, 2.45) is 0 Å². The Hall–Kier alpha value is -3.59. The number of methoxy groups -OCH3 is 1. The van der Waals surface area contributed by atoms with E-state index in [1.165, 1.54) is 13.2 Å². The third-order valence-electron chi connectivity index (χ3n) is 3.75. The van der Waals surface area contributed by atoms with E-state index in [-0.39, 0.29) is 22.7 Å². The van der Waals surface area contributed by atoms with Gasteiger partial charge in [-0.25, -0.2) is 4.98 Å². The lowest BCUT2D eigenvalue weighted by Crippen LogP contribution is -2.11. The minimum Gasteiger partial charge on any atom is -0.504 e. The zero-order valence-corrected chi connectivity index (χ0v) is 13.7. The highest BCUT2D eigenvalue weighted by Crippen LogP contribution is 2.28. The monoisotopic (exact) mass is 333 g/mol. The summed E-state index contributed by atoms with van der Waals surface area (Å²) in [6, 6.07) is 12.1. The summed E-state index contributed by atoms with van der Waals surface area (Å²) < 4.78 is 5.06. The zero-order chi connectivity index (χ0) is 18.0. The number of aromatic amines is 1. The summed E-state index contributed by atoms with van der Waals surface area (Å²) in [5.41, 5.74) is 2.02. The molecule has 0 aliphatic carbocycles. The summed E-state index contributed by atoms with van der Waals surface area (Å²) in [6.07, 6.45) is 1.57. The van der Waals surface area contributed by atoms with Gasteiger partial charge in [0.1, 0.15) is 6.07 Å². The van der Waals surface area contributed by atoms with Gasteiger partial charge in [0.2, 0.25) is 0 Å². The van der Waals surface area contributed by atoms with Gasteiger partial charge in [-0.15, -0.1) is 0 Å². The van der Waals surface area contributed by atoms with Gasteiger partial charge in [-0.2, -0.15) is 5.26 Å². The van der Waals surface area contributed by atoms with Gasteiger partial charge >= 0.3 is 0 Å².